The molecular weight excluding hydrogens is 244 g/mol. The average molecular weight is 253 g/mol. The summed E-state index contributed by atoms with van der Waals surface area (Å²) >= 11 is 5.92. The highest BCUT2D eigenvalue weighted by molar-refractivity contribution is 6.31. The minimum atomic E-state index is -0.441. The van der Waals surface area contributed by atoms with Gasteiger partial charge in [0, 0.05) is 19.4 Å². The van der Waals surface area contributed by atoms with Crippen molar-refractivity contribution in [1.29, 1.82) is 0 Å². The van der Waals surface area contributed by atoms with Crippen molar-refractivity contribution >= 4 is 23.3 Å². The van der Waals surface area contributed by atoms with Crippen LogP contribution in [0.25, 0.3) is 5.82 Å². The first kappa shape index (κ1) is 11.3. The van der Waals surface area contributed by atoms with Gasteiger partial charge in [0.2, 0.25) is 0 Å². The Balaban J connectivity index is 2.53. The van der Waals surface area contributed by atoms with Crippen molar-refractivity contribution < 1.29 is 4.79 Å². The molecular formula is C9H9ClN6O. The van der Waals surface area contributed by atoms with Crippen LogP contribution in [0.2, 0.25) is 5.15 Å². The van der Waals surface area contributed by atoms with E-state index in [1.807, 2.05) is 0 Å². The van der Waals surface area contributed by atoms with Crippen LogP contribution in [-0.4, -0.2) is 32.7 Å². The van der Waals surface area contributed by atoms with Crippen molar-refractivity contribution in [3.63, 3.8) is 0 Å². The molecule has 0 aliphatic heterocycles. The monoisotopic (exact) mass is 252 g/mol. The SMILES string of the molecule is CNC(=O)c1nc(Cl)c(-n2cccn2)nc1N. The molecule has 0 unspecified atom stereocenters. The molecule has 0 spiro atoms. The number of nitrogen functional groups attached to an aromatic ring is 1. The second-order valence-electron chi connectivity index (χ2n) is 3.10. The summed E-state index contributed by atoms with van der Waals surface area (Å²) in [4.78, 5) is 19.3. The molecule has 0 atom stereocenters. The summed E-state index contributed by atoms with van der Waals surface area (Å²) in [5.41, 5.74) is 5.63. The van der Waals surface area contributed by atoms with Gasteiger partial charge in [-0.1, -0.05) is 11.6 Å². The van der Waals surface area contributed by atoms with E-state index >= 15 is 0 Å². The lowest BCUT2D eigenvalue weighted by Crippen LogP contribution is -2.22. The quantitative estimate of drug-likeness (QED) is 0.799. The maximum atomic E-state index is 11.4. The summed E-state index contributed by atoms with van der Waals surface area (Å²) in [5.74, 6) is -0.162. The summed E-state index contributed by atoms with van der Waals surface area (Å²) in [6.07, 6.45) is 3.22. The van der Waals surface area contributed by atoms with Crippen LogP contribution in [-0.2, 0) is 0 Å². The maximum Gasteiger partial charge on any atom is 0.273 e. The van der Waals surface area contributed by atoms with Gasteiger partial charge in [-0.3, -0.25) is 4.79 Å². The molecule has 8 heteroatoms. The van der Waals surface area contributed by atoms with Crippen LogP contribution in [0.15, 0.2) is 18.5 Å². The van der Waals surface area contributed by atoms with E-state index in [1.54, 1.807) is 18.5 Å². The minimum Gasteiger partial charge on any atom is -0.382 e. The van der Waals surface area contributed by atoms with Crippen molar-refractivity contribution in [3.05, 3.63) is 29.3 Å². The first-order valence-corrected chi connectivity index (χ1v) is 5.06. The molecule has 2 aromatic rings. The van der Waals surface area contributed by atoms with E-state index in [0.717, 1.165) is 0 Å². The zero-order valence-electron chi connectivity index (χ0n) is 8.88. The largest absolute Gasteiger partial charge is 0.382 e. The van der Waals surface area contributed by atoms with Gasteiger partial charge in [0.25, 0.3) is 5.91 Å². The number of nitrogens with zero attached hydrogens (tertiary/aromatic N) is 4. The number of rotatable bonds is 2. The predicted molar refractivity (Wildman–Crippen MR) is 62.0 cm³/mol. The number of carbonyl (C=O) groups excluding carboxylic acids is 1. The third kappa shape index (κ3) is 2.04. The lowest BCUT2D eigenvalue weighted by Gasteiger charge is -2.07. The molecule has 0 radical (unpaired) electrons. The summed E-state index contributed by atoms with van der Waals surface area (Å²) < 4.78 is 1.42. The number of aromatic nitrogens is 4. The number of anilines is 1. The van der Waals surface area contributed by atoms with Gasteiger partial charge in [-0.25, -0.2) is 14.6 Å². The van der Waals surface area contributed by atoms with E-state index in [-0.39, 0.29) is 22.5 Å². The van der Waals surface area contributed by atoms with Crippen molar-refractivity contribution in [2.75, 3.05) is 12.8 Å². The topological polar surface area (TPSA) is 98.7 Å². The molecule has 0 saturated heterocycles. The lowest BCUT2D eigenvalue weighted by atomic mass is 10.4. The molecule has 17 heavy (non-hydrogen) atoms. The zero-order chi connectivity index (χ0) is 12.4. The Morgan fingerprint density at radius 3 is 2.88 bits per heavy atom. The fourth-order valence-electron chi connectivity index (χ4n) is 1.24. The molecule has 2 rings (SSSR count). The van der Waals surface area contributed by atoms with Gasteiger partial charge in [-0.05, 0) is 6.07 Å². The third-order valence-corrected chi connectivity index (χ3v) is 2.28. The number of nitrogens with one attached hydrogen (secondary N) is 1. The number of amides is 1. The van der Waals surface area contributed by atoms with Gasteiger partial charge >= 0.3 is 0 Å². The number of carbonyl (C=O) groups is 1. The van der Waals surface area contributed by atoms with E-state index < -0.39 is 5.91 Å². The molecule has 0 fully saturated rings. The fourth-order valence-corrected chi connectivity index (χ4v) is 1.46. The molecule has 0 aromatic carbocycles. The van der Waals surface area contributed by atoms with Gasteiger partial charge in [0.1, 0.15) is 0 Å². The van der Waals surface area contributed by atoms with Gasteiger partial charge in [0.15, 0.2) is 22.5 Å². The van der Waals surface area contributed by atoms with Crippen LogP contribution in [0, 0.1) is 0 Å². The van der Waals surface area contributed by atoms with Crippen LogP contribution < -0.4 is 11.1 Å². The molecule has 2 aromatic heterocycles. The third-order valence-electron chi connectivity index (χ3n) is 2.03. The molecule has 0 bridgehead atoms. The molecule has 1 amide bonds. The van der Waals surface area contributed by atoms with E-state index in [4.69, 9.17) is 17.3 Å². The summed E-state index contributed by atoms with van der Waals surface area (Å²) in [5, 5.41) is 6.41. The number of hydrogen-bond acceptors (Lipinski definition) is 5. The normalized spacial score (nSPS) is 10.2. The number of halogens is 1. The maximum absolute atomic E-state index is 11.4. The summed E-state index contributed by atoms with van der Waals surface area (Å²) in [6.45, 7) is 0. The number of nitrogens with two attached hydrogens (primary N) is 1. The Morgan fingerprint density at radius 1 is 1.53 bits per heavy atom. The molecule has 3 N–H and O–H groups in total. The summed E-state index contributed by atoms with van der Waals surface area (Å²) in [6, 6.07) is 1.71. The highest BCUT2D eigenvalue weighted by Crippen LogP contribution is 2.18. The van der Waals surface area contributed by atoms with E-state index in [9.17, 15) is 4.79 Å². The van der Waals surface area contributed by atoms with Crippen molar-refractivity contribution in [2.45, 2.75) is 0 Å². The van der Waals surface area contributed by atoms with Crippen molar-refractivity contribution in [3.8, 4) is 5.82 Å². The molecule has 0 saturated carbocycles. The van der Waals surface area contributed by atoms with Crippen LogP contribution in [0.4, 0.5) is 5.82 Å². The fraction of sp³-hybridized carbons (Fsp3) is 0.111. The van der Waals surface area contributed by atoms with E-state index in [1.165, 1.54) is 11.7 Å². The van der Waals surface area contributed by atoms with Crippen molar-refractivity contribution in [1.82, 2.24) is 25.1 Å². The van der Waals surface area contributed by atoms with E-state index in [2.05, 4.69) is 20.4 Å². The van der Waals surface area contributed by atoms with Crippen LogP contribution in [0.5, 0.6) is 0 Å². The van der Waals surface area contributed by atoms with Crippen molar-refractivity contribution in [2.24, 2.45) is 0 Å². The van der Waals surface area contributed by atoms with Crippen LogP contribution >= 0.6 is 11.6 Å². The summed E-state index contributed by atoms with van der Waals surface area (Å²) in [7, 11) is 1.47. The first-order valence-electron chi connectivity index (χ1n) is 4.68. The second kappa shape index (κ2) is 4.38. The Kier molecular flexibility index (Phi) is 2.92. The minimum absolute atomic E-state index is 0.000694. The van der Waals surface area contributed by atoms with Gasteiger partial charge in [0.05, 0.1) is 0 Å². The van der Waals surface area contributed by atoms with E-state index in [0.29, 0.717) is 0 Å². The number of hydrogen-bond donors (Lipinski definition) is 2. The highest BCUT2D eigenvalue weighted by atomic mass is 35.5. The first-order chi connectivity index (χ1) is 8.13. The Bertz CT molecular complexity index is 553. The van der Waals surface area contributed by atoms with Gasteiger partial charge in [-0.2, -0.15) is 5.10 Å². The second-order valence-corrected chi connectivity index (χ2v) is 3.46. The zero-order valence-corrected chi connectivity index (χ0v) is 9.64. The smallest absolute Gasteiger partial charge is 0.273 e. The standard InChI is InChI=1S/C9H9ClN6O/c1-12-9(17)5-7(11)15-8(6(10)14-5)16-4-2-3-13-16/h2-4H,1H3,(H2,11,15)(H,12,17). The molecule has 0 aliphatic carbocycles. The Labute approximate surface area is 102 Å². The Morgan fingerprint density at radius 2 is 2.29 bits per heavy atom. The Hall–Kier alpha value is -2.15. The van der Waals surface area contributed by atoms with Crippen LogP contribution in [0.3, 0.4) is 0 Å². The van der Waals surface area contributed by atoms with Gasteiger partial charge in [-0.15, -0.1) is 0 Å². The molecule has 7 nitrogen and oxygen atoms in total. The molecule has 0 aliphatic rings. The van der Waals surface area contributed by atoms with Crippen LogP contribution in [0.1, 0.15) is 10.5 Å². The lowest BCUT2D eigenvalue weighted by molar-refractivity contribution is 0.0959. The predicted octanol–water partition coefficient (Wildman–Crippen LogP) is 0.257. The molecule has 88 valence electrons. The average Bonchev–Trinajstić information content (AvgIpc) is 2.84. The molecule has 2 heterocycles. The van der Waals surface area contributed by atoms with Gasteiger partial charge < -0.3 is 11.1 Å². The highest BCUT2D eigenvalue weighted by Gasteiger charge is 2.16.